The minimum Gasteiger partial charge on any atom is -0.507 e. The van der Waals surface area contributed by atoms with Crippen LogP contribution < -0.4 is 14.9 Å². The number of phenols is 1. The predicted octanol–water partition coefficient (Wildman–Crippen LogP) is 2.66. The Kier molecular flexibility index (Phi) is 6.59. The molecule has 2 rings (SSSR count). The Hall–Kier alpha value is -3.28. The van der Waals surface area contributed by atoms with Crippen LogP contribution in [0.25, 0.3) is 0 Å². The molecule has 0 aliphatic rings. The third kappa shape index (κ3) is 5.10. The van der Waals surface area contributed by atoms with Gasteiger partial charge in [-0.2, -0.15) is 5.10 Å². The van der Waals surface area contributed by atoms with Gasteiger partial charge < -0.3 is 14.6 Å². The first-order valence-corrected chi connectivity index (χ1v) is 7.65. The molecule has 2 aromatic carbocycles. The molecule has 0 saturated heterocycles. The van der Waals surface area contributed by atoms with Gasteiger partial charge in [0.15, 0.2) is 18.1 Å². The SMILES string of the molecule is C=CCc1cccc(/C=N\NC(=O)COc2ccccc2OC)c1O. The Morgan fingerprint density at radius 2 is 2.00 bits per heavy atom. The molecule has 0 heterocycles. The Morgan fingerprint density at radius 1 is 1.24 bits per heavy atom. The third-order valence-electron chi connectivity index (χ3n) is 3.34. The van der Waals surface area contributed by atoms with Crippen molar-refractivity contribution in [2.75, 3.05) is 13.7 Å². The first-order valence-electron chi connectivity index (χ1n) is 7.65. The van der Waals surface area contributed by atoms with Crippen LogP contribution in [0.4, 0.5) is 0 Å². The van der Waals surface area contributed by atoms with E-state index >= 15 is 0 Å². The number of amides is 1. The van der Waals surface area contributed by atoms with Crippen LogP contribution in [-0.2, 0) is 11.2 Å². The number of methoxy groups -OCH3 is 1. The molecule has 6 heteroatoms. The van der Waals surface area contributed by atoms with Crippen LogP contribution in [0.1, 0.15) is 11.1 Å². The molecule has 0 fully saturated rings. The first-order chi connectivity index (χ1) is 12.2. The molecule has 0 spiro atoms. The number of hydrogen-bond acceptors (Lipinski definition) is 5. The molecule has 1 amide bonds. The number of ether oxygens (including phenoxy) is 2. The molecular formula is C19H20N2O4. The Balaban J connectivity index is 1.90. The van der Waals surface area contributed by atoms with E-state index in [1.54, 1.807) is 42.5 Å². The highest BCUT2D eigenvalue weighted by Gasteiger charge is 2.07. The van der Waals surface area contributed by atoms with Gasteiger partial charge >= 0.3 is 0 Å². The maximum atomic E-state index is 11.8. The highest BCUT2D eigenvalue weighted by Crippen LogP contribution is 2.25. The van der Waals surface area contributed by atoms with Crippen LogP contribution in [0.5, 0.6) is 17.2 Å². The monoisotopic (exact) mass is 340 g/mol. The normalized spacial score (nSPS) is 10.4. The summed E-state index contributed by atoms with van der Waals surface area (Å²) in [5.41, 5.74) is 3.60. The second kappa shape index (κ2) is 9.12. The molecule has 2 aromatic rings. The summed E-state index contributed by atoms with van der Waals surface area (Å²) < 4.78 is 10.5. The fourth-order valence-electron chi connectivity index (χ4n) is 2.12. The average molecular weight is 340 g/mol. The molecule has 0 atom stereocenters. The number of benzene rings is 2. The van der Waals surface area contributed by atoms with E-state index in [0.717, 1.165) is 5.56 Å². The van der Waals surface area contributed by atoms with Crippen LogP contribution in [0.15, 0.2) is 60.2 Å². The molecular weight excluding hydrogens is 320 g/mol. The van der Waals surface area contributed by atoms with E-state index in [-0.39, 0.29) is 12.4 Å². The maximum absolute atomic E-state index is 11.8. The fourth-order valence-corrected chi connectivity index (χ4v) is 2.12. The third-order valence-corrected chi connectivity index (χ3v) is 3.34. The van der Waals surface area contributed by atoms with Gasteiger partial charge in [0, 0.05) is 5.56 Å². The van der Waals surface area contributed by atoms with Gasteiger partial charge in [-0.05, 0) is 30.2 Å². The van der Waals surface area contributed by atoms with E-state index in [0.29, 0.717) is 23.5 Å². The molecule has 0 aromatic heterocycles. The average Bonchev–Trinajstić information content (AvgIpc) is 2.63. The topological polar surface area (TPSA) is 80.2 Å². The van der Waals surface area contributed by atoms with E-state index in [1.165, 1.54) is 13.3 Å². The summed E-state index contributed by atoms with van der Waals surface area (Å²) >= 11 is 0. The fraction of sp³-hybridized carbons (Fsp3) is 0.158. The number of hydrazone groups is 1. The summed E-state index contributed by atoms with van der Waals surface area (Å²) in [7, 11) is 1.53. The van der Waals surface area contributed by atoms with Gasteiger partial charge in [-0.1, -0.05) is 30.3 Å². The lowest BCUT2D eigenvalue weighted by molar-refractivity contribution is -0.123. The smallest absolute Gasteiger partial charge is 0.277 e. The van der Waals surface area contributed by atoms with Gasteiger partial charge in [0.05, 0.1) is 13.3 Å². The minimum absolute atomic E-state index is 0.116. The zero-order valence-electron chi connectivity index (χ0n) is 13.9. The van der Waals surface area contributed by atoms with Crippen LogP contribution in [0.2, 0.25) is 0 Å². The van der Waals surface area contributed by atoms with Gasteiger partial charge in [-0.3, -0.25) is 4.79 Å². The van der Waals surface area contributed by atoms with Crippen molar-refractivity contribution in [2.45, 2.75) is 6.42 Å². The molecule has 130 valence electrons. The van der Waals surface area contributed by atoms with E-state index in [2.05, 4.69) is 17.1 Å². The van der Waals surface area contributed by atoms with Gasteiger partial charge in [0.1, 0.15) is 5.75 Å². The predicted molar refractivity (Wildman–Crippen MR) is 96.2 cm³/mol. The number of carbonyl (C=O) groups excluding carboxylic acids is 1. The lowest BCUT2D eigenvalue weighted by Gasteiger charge is -2.09. The first kappa shape index (κ1) is 18.1. The number of phenolic OH excluding ortho intramolecular Hbond substituents is 1. The molecule has 0 bridgehead atoms. The van der Waals surface area contributed by atoms with Gasteiger partial charge in [0.2, 0.25) is 0 Å². The molecule has 0 saturated carbocycles. The van der Waals surface area contributed by atoms with Crippen molar-refractivity contribution >= 4 is 12.1 Å². The lowest BCUT2D eigenvalue weighted by Crippen LogP contribution is -2.24. The second-order valence-electron chi connectivity index (χ2n) is 5.08. The van der Waals surface area contributed by atoms with E-state index < -0.39 is 5.91 Å². The molecule has 25 heavy (non-hydrogen) atoms. The number of nitrogens with zero attached hydrogens (tertiary/aromatic N) is 1. The summed E-state index contributed by atoms with van der Waals surface area (Å²) in [5.74, 6) is 0.705. The summed E-state index contributed by atoms with van der Waals surface area (Å²) in [6, 6.07) is 12.3. The van der Waals surface area contributed by atoms with Gasteiger partial charge in [-0.15, -0.1) is 6.58 Å². The van der Waals surface area contributed by atoms with Crippen molar-refractivity contribution in [3.05, 3.63) is 66.2 Å². The van der Waals surface area contributed by atoms with Crippen LogP contribution in [0.3, 0.4) is 0 Å². The van der Waals surface area contributed by atoms with Crippen LogP contribution >= 0.6 is 0 Å². The number of aromatic hydroxyl groups is 1. The van der Waals surface area contributed by atoms with E-state index in [4.69, 9.17) is 9.47 Å². The van der Waals surface area contributed by atoms with E-state index in [1.807, 2.05) is 6.07 Å². The second-order valence-corrected chi connectivity index (χ2v) is 5.08. The molecule has 0 radical (unpaired) electrons. The van der Waals surface area contributed by atoms with Crippen molar-refractivity contribution in [2.24, 2.45) is 5.10 Å². The Labute approximate surface area is 146 Å². The largest absolute Gasteiger partial charge is 0.507 e. The molecule has 0 aliphatic heterocycles. The zero-order chi connectivity index (χ0) is 18.1. The number of nitrogens with one attached hydrogen (secondary N) is 1. The molecule has 6 nitrogen and oxygen atoms in total. The number of rotatable bonds is 8. The summed E-state index contributed by atoms with van der Waals surface area (Å²) in [5, 5.41) is 13.9. The summed E-state index contributed by atoms with van der Waals surface area (Å²) in [6.45, 7) is 3.44. The summed E-state index contributed by atoms with van der Waals surface area (Å²) in [6.07, 6.45) is 3.63. The Morgan fingerprint density at radius 3 is 2.72 bits per heavy atom. The number of carbonyl (C=O) groups is 1. The minimum atomic E-state index is -0.427. The van der Waals surface area contributed by atoms with Gasteiger partial charge in [-0.25, -0.2) is 5.43 Å². The van der Waals surface area contributed by atoms with Crippen LogP contribution in [0, 0.1) is 0 Å². The maximum Gasteiger partial charge on any atom is 0.277 e. The summed E-state index contributed by atoms with van der Waals surface area (Å²) in [4.78, 5) is 11.8. The van der Waals surface area contributed by atoms with Crippen molar-refractivity contribution < 1.29 is 19.4 Å². The Bertz CT molecular complexity index is 772. The molecule has 2 N–H and O–H groups in total. The quantitative estimate of drug-likeness (QED) is 0.440. The lowest BCUT2D eigenvalue weighted by atomic mass is 10.1. The van der Waals surface area contributed by atoms with Crippen LogP contribution in [-0.4, -0.2) is 30.9 Å². The zero-order valence-corrected chi connectivity index (χ0v) is 13.9. The standard InChI is InChI=1S/C19H20N2O4/c1-3-7-14-8-6-9-15(19(14)23)12-20-21-18(22)13-25-17-11-5-4-10-16(17)24-2/h3-6,8-12,23H,1,7,13H2,2H3,(H,21,22)/b20-12-. The van der Waals surface area contributed by atoms with E-state index in [9.17, 15) is 9.90 Å². The highest BCUT2D eigenvalue weighted by molar-refractivity contribution is 5.86. The van der Waals surface area contributed by atoms with Crippen molar-refractivity contribution in [1.82, 2.24) is 5.43 Å². The number of allylic oxidation sites excluding steroid dienone is 1. The van der Waals surface area contributed by atoms with Crippen molar-refractivity contribution in [1.29, 1.82) is 0 Å². The molecule has 0 aliphatic carbocycles. The number of para-hydroxylation sites is 3. The van der Waals surface area contributed by atoms with Gasteiger partial charge in [0.25, 0.3) is 5.91 Å². The highest BCUT2D eigenvalue weighted by atomic mass is 16.5. The van der Waals surface area contributed by atoms with Crippen molar-refractivity contribution in [3.8, 4) is 17.2 Å². The number of hydrogen-bond donors (Lipinski definition) is 2. The molecule has 0 unspecified atom stereocenters. The van der Waals surface area contributed by atoms with Crippen molar-refractivity contribution in [3.63, 3.8) is 0 Å².